The van der Waals surface area contributed by atoms with Crippen LogP contribution in [0.5, 0.6) is 0 Å². The summed E-state index contributed by atoms with van der Waals surface area (Å²) in [7, 11) is 0. The molecule has 0 bridgehead atoms. The second-order valence-electron chi connectivity index (χ2n) is 3.16. The standard InChI is InChI=1S/C12H18/c1-2-4-6-8-10-12-11-9-7-5-3-1/h1-2,5,7-8,10H,3-4,6,9,11-12H2/b2-1?,7-5-,10-8-. The zero-order chi connectivity index (χ0) is 8.49. The smallest absolute Gasteiger partial charge is 0.0169 e. The summed E-state index contributed by atoms with van der Waals surface area (Å²) < 4.78 is 0. The van der Waals surface area contributed by atoms with Crippen molar-refractivity contribution in [3.8, 4) is 0 Å². The van der Waals surface area contributed by atoms with Crippen molar-refractivity contribution in [3.63, 3.8) is 0 Å². The molecule has 0 aromatic carbocycles. The normalized spacial score (nSPS) is 25.3. The lowest BCUT2D eigenvalue weighted by Crippen LogP contribution is -1.72. The first-order valence-corrected chi connectivity index (χ1v) is 4.95. The van der Waals surface area contributed by atoms with Gasteiger partial charge in [-0.15, -0.1) is 0 Å². The molecular formula is C12H18. The van der Waals surface area contributed by atoms with Gasteiger partial charge in [0.15, 0.2) is 0 Å². The van der Waals surface area contributed by atoms with E-state index in [1.54, 1.807) is 0 Å². The van der Waals surface area contributed by atoms with Crippen LogP contribution in [0, 0.1) is 0 Å². The molecule has 0 heteroatoms. The Balaban J connectivity index is 2.30. The van der Waals surface area contributed by atoms with Crippen molar-refractivity contribution in [2.75, 3.05) is 0 Å². The van der Waals surface area contributed by atoms with Gasteiger partial charge in [-0.3, -0.25) is 0 Å². The van der Waals surface area contributed by atoms with E-state index in [0.29, 0.717) is 0 Å². The molecule has 0 atom stereocenters. The minimum absolute atomic E-state index is 1.11. The third-order valence-corrected chi connectivity index (χ3v) is 2.01. The maximum absolute atomic E-state index is 2.31. The Morgan fingerprint density at radius 2 is 1.00 bits per heavy atom. The summed E-state index contributed by atoms with van der Waals surface area (Å²) in [5, 5.41) is 0. The first-order valence-electron chi connectivity index (χ1n) is 4.95. The molecule has 1 rings (SSSR count). The van der Waals surface area contributed by atoms with Crippen molar-refractivity contribution in [2.45, 2.75) is 38.5 Å². The third-order valence-electron chi connectivity index (χ3n) is 2.01. The van der Waals surface area contributed by atoms with E-state index < -0.39 is 0 Å². The Morgan fingerprint density at radius 3 is 1.75 bits per heavy atom. The topological polar surface area (TPSA) is 0 Å². The summed E-state index contributed by atoms with van der Waals surface area (Å²) in [6.45, 7) is 0. The van der Waals surface area contributed by atoms with Crippen LogP contribution >= 0.6 is 0 Å². The molecule has 1 aliphatic carbocycles. The van der Waals surface area contributed by atoms with Crippen LogP contribution in [0.1, 0.15) is 38.5 Å². The fraction of sp³-hybridized carbons (Fsp3) is 0.500. The maximum Gasteiger partial charge on any atom is -0.0169 e. The monoisotopic (exact) mass is 162 g/mol. The van der Waals surface area contributed by atoms with Gasteiger partial charge in [0.2, 0.25) is 0 Å². The van der Waals surface area contributed by atoms with Crippen molar-refractivity contribution in [1.29, 1.82) is 0 Å². The Labute approximate surface area is 75.7 Å². The highest BCUT2D eigenvalue weighted by atomic mass is 13.9. The van der Waals surface area contributed by atoms with E-state index in [1.165, 1.54) is 32.1 Å². The van der Waals surface area contributed by atoms with Crippen LogP contribution in [0.4, 0.5) is 0 Å². The Hall–Kier alpha value is -0.780. The van der Waals surface area contributed by atoms with Gasteiger partial charge in [0.25, 0.3) is 0 Å². The van der Waals surface area contributed by atoms with Crippen LogP contribution in [-0.2, 0) is 0 Å². The second-order valence-corrected chi connectivity index (χ2v) is 3.16. The highest BCUT2D eigenvalue weighted by Crippen LogP contribution is 2.03. The van der Waals surface area contributed by atoms with Gasteiger partial charge in [-0.2, -0.15) is 0 Å². The first kappa shape index (κ1) is 9.31. The fourth-order valence-corrected chi connectivity index (χ4v) is 1.29. The van der Waals surface area contributed by atoms with Crippen molar-refractivity contribution in [2.24, 2.45) is 0 Å². The minimum Gasteiger partial charge on any atom is -0.0885 e. The largest absolute Gasteiger partial charge is 0.0885 e. The lowest BCUT2D eigenvalue weighted by atomic mass is 10.1. The molecule has 0 aromatic rings. The van der Waals surface area contributed by atoms with Gasteiger partial charge in [0, 0.05) is 0 Å². The molecule has 12 heavy (non-hydrogen) atoms. The molecule has 0 N–H and O–H groups in total. The van der Waals surface area contributed by atoms with Crippen LogP contribution in [-0.4, -0.2) is 0 Å². The highest BCUT2D eigenvalue weighted by molar-refractivity contribution is 4.95. The molecule has 0 unspecified atom stereocenters. The summed E-state index contributed by atoms with van der Waals surface area (Å²) in [5.41, 5.74) is 0. The molecule has 0 nitrogen and oxygen atoms in total. The van der Waals surface area contributed by atoms with Crippen LogP contribution < -0.4 is 0 Å². The molecule has 0 saturated heterocycles. The van der Waals surface area contributed by atoms with E-state index in [0.717, 1.165) is 6.42 Å². The van der Waals surface area contributed by atoms with E-state index in [1.807, 2.05) is 0 Å². The molecule has 0 saturated carbocycles. The Bertz CT molecular complexity index is 172. The second kappa shape index (κ2) is 6.90. The predicted octanol–water partition coefficient (Wildman–Crippen LogP) is 4.01. The van der Waals surface area contributed by atoms with Gasteiger partial charge < -0.3 is 0 Å². The molecule has 0 radical (unpaired) electrons. The minimum atomic E-state index is 1.11. The third kappa shape index (κ3) is 4.95. The number of rotatable bonds is 0. The van der Waals surface area contributed by atoms with Gasteiger partial charge in [-0.05, 0) is 38.5 Å². The van der Waals surface area contributed by atoms with E-state index in [2.05, 4.69) is 36.5 Å². The predicted molar refractivity (Wildman–Crippen MR) is 55.1 cm³/mol. The van der Waals surface area contributed by atoms with Crippen molar-refractivity contribution >= 4 is 0 Å². The summed E-state index contributed by atoms with van der Waals surface area (Å²) >= 11 is 0. The van der Waals surface area contributed by atoms with E-state index >= 15 is 0 Å². The van der Waals surface area contributed by atoms with Gasteiger partial charge >= 0.3 is 0 Å². The first-order chi connectivity index (χ1) is 6.00. The van der Waals surface area contributed by atoms with Gasteiger partial charge in [0.05, 0.1) is 0 Å². The SMILES string of the molecule is C1=CCC/C=C\CCC/C=C\C1. The van der Waals surface area contributed by atoms with E-state index in [9.17, 15) is 0 Å². The molecule has 0 fully saturated rings. The number of hydrogen-bond acceptors (Lipinski definition) is 0. The summed E-state index contributed by atoms with van der Waals surface area (Å²) in [5.74, 6) is 0. The molecule has 0 heterocycles. The van der Waals surface area contributed by atoms with E-state index in [-0.39, 0.29) is 0 Å². The highest BCUT2D eigenvalue weighted by Gasteiger charge is 1.82. The summed E-state index contributed by atoms with van der Waals surface area (Å²) in [4.78, 5) is 0. The van der Waals surface area contributed by atoms with Crippen molar-refractivity contribution in [1.82, 2.24) is 0 Å². The fourth-order valence-electron chi connectivity index (χ4n) is 1.29. The molecule has 1 aliphatic rings. The van der Waals surface area contributed by atoms with Gasteiger partial charge in [-0.1, -0.05) is 36.5 Å². The van der Waals surface area contributed by atoms with Crippen LogP contribution in [0.15, 0.2) is 36.5 Å². The van der Waals surface area contributed by atoms with E-state index in [4.69, 9.17) is 0 Å². The summed E-state index contributed by atoms with van der Waals surface area (Å²) in [6, 6.07) is 0. The Kier molecular flexibility index (Phi) is 5.35. The lowest BCUT2D eigenvalue weighted by Gasteiger charge is -1.92. The van der Waals surface area contributed by atoms with Crippen LogP contribution in [0.2, 0.25) is 0 Å². The average Bonchev–Trinajstić information content (AvgIpc) is 2.05. The Morgan fingerprint density at radius 1 is 0.500 bits per heavy atom. The van der Waals surface area contributed by atoms with Gasteiger partial charge in [-0.25, -0.2) is 0 Å². The number of allylic oxidation sites excluding steroid dienone is 6. The zero-order valence-electron chi connectivity index (χ0n) is 7.71. The van der Waals surface area contributed by atoms with Crippen molar-refractivity contribution < 1.29 is 0 Å². The lowest BCUT2D eigenvalue weighted by molar-refractivity contribution is 0.859. The summed E-state index contributed by atoms with van der Waals surface area (Å²) in [6.07, 6.45) is 21.0. The molecule has 0 aliphatic heterocycles. The molecule has 0 amide bonds. The molecule has 66 valence electrons. The maximum atomic E-state index is 2.31. The number of hydrogen-bond donors (Lipinski definition) is 0. The molecule has 0 aromatic heterocycles. The van der Waals surface area contributed by atoms with Gasteiger partial charge in [0.1, 0.15) is 0 Å². The van der Waals surface area contributed by atoms with Crippen molar-refractivity contribution in [3.05, 3.63) is 36.5 Å². The quantitative estimate of drug-likeness (QED) is 0.472. The van der Waals surface area contributed by atoms with Crippen LogP contribution in [0.3, 0.4) is 0 Å². The average molecular weight is 162 g/mol. The molecular weight excluding hydrogens is 144 g/mol. The zero-order valence-corrected chi connectivity index (χ0v) is 7.71. The van der Waals surface area contributed by atoms with Crippen LogP contribution in [0.25, 0.3) is 0 Å². The molecule has 0 spiro atoms.